The molecular weight excluding hydrogens is 314 g/mol. The third-order valence-corrected chi connectivity index (χ3v) is 4.05. The Balaban J connectivity index is 2.16. The molecule has 0 aliphatic rings. The lowest BCUT2D eigenvalue weighted by Gasteiger charge is -2.18. The van der Waals surface area contributed by atoms with E-state index in [1.807, 2.05) is 36.4 Å². The quantitative estimate of drug-likeness (QED) is 0.822. The highest BCUT2D eigenvalue weighted by atomic mass is 35.5. The summed E-state index contributed by atoms with van der Waals surface area (Å²) in [6, 6.07) is 11.8. The summed E-state index contributed by atoms with van der Waals surface area (Å²) in [6.07, 6.45) is 0. The Kier molecular flexibility index (Phi) is 6.13. The molecule has 23 heavy (non-hydrogen) atoms. The lowest BCUT2D eigenvalue weighted by Crippen LogP contribution is -2.18. The molecule has 2 rings (SSSR count). The minimum Gasteiger partial charge on any atom is -0.493 e. The van der Waals surface area contributed by atoms with Crippen molar-refractivity contribution in [2.24, 2.45) is 0 Å². The van der Waals surface area contributed by atoms with Gasteiger partial charge in [0.25, 0.3) is 0 Å². The maximum absolute atomic E-state index is 6.24. The highest BCUT2D eigenvalue weighted by Crippen LogP contribution is 2.38. The van der Waals surface area contributed by atoms with Crippen LogP contribution in [0.3, 0.4) is 0 Å². The number of nitrogens with one attached hydrogen (secondary N) is 1. The van der Waals surface area contributed by atoms with Gasteiger partial charge in [-0.3, -0.25) is 0 Å². The molecule has 0 aliphatic carbocycles. The van der Waals surface area contributed by atoms with Gasteiger partial charge in [0, 0.05) is 17.6 Å². The van der Waals surface area contributed by atoms with E-state index in [4.69, 9.17) is 25.8 Å². The molecule has 0 saturated heterocycles. The smallest absolute Gasteiger partial charge is 0.203 e. The monoisotopic (exact) mass is 335 g/mol. The average molecular weight is 336 g/mol. The van der Waals surface area contributed by atoms with Crippen LogP contribution in [0.4, 0.5) is 0 Å². The molecule has 1 atom stereocenters. The van der Waals surface area contributed by atoms with E-state index in [1.165, 1.54) is 0 Å². The molecule has 124 valence electrons. The van der Waals surface area contributed by atoms with E-state index < -0.39 is 0 Å². The topological polar surface area (TPSA) is 39.7 Å². The Morgan fingerprint density at radius 2 is 1.61 bits per heavy atom. The molecule has 4 nitrogen and oxygen atoms in total. The van der Waals surface area contributed by atoms with Gasteiger partial charge < -0.3 is 19.5 Å². The number of halogens is 1. The third kappa shape index (κ3) is 4.09. The summed E-state index contributed by atoms with van der Waals surface area (Å²) in [5.74, 6) is 1.89. The zero-order valence-corrected chi connectivity index (χ0v) is 14.6. The number of methoxy groups -OCH3 is 3. The van der Waals surface area contributed by atoms with Gasteiger partial charge in [0.05, 0.1) is 21.3 Å². The Hall–Kier alpha value is -1.91. The molecule has 0 radical (unpaired) electrons. The van der Waals surface area contributed by atoms with Gasteiger partial charge in [0.2, 0.25) is 5.75 Å². The summed E-state index contributed by atoms with van der Waals surface area (Å²) in [5.41, 5.74) is 2.11. The molecule has 0 aliphatic heterocycles. The van der Waals surface area contributed by atoms with Crippen LogP contribution in [0.2, 0.25) is 5.02 Å². The van der Waals surface area contributed by atoms with Gasteiger partial charge in [-0.1, -0.05) is 29.8 Å². The molecule has 1 N–H and O–H groups in total. The van der Waals surface area contributed by atoms with Crippen LogP contribution in [0.25, 0.3) is 0 Å². The van der Waals surface area contributed by atoms with Crippen molar-refractivity contribution in [3.05, 3.63) is 52.5 Å². The first-order valence-corrected chi connectivity index (χ1v) is 7.75. The SMILES string of the molecule is COc1cc(CN[C@H](C)c2ccccc2Cl)cc(OC)c1OC. The maximum Gasteiger partial charge on any atom is 0.203 e. The van der Waals surface area contributed by atoms with Crippen LogP contribution in [-0.2, 0) is 6.54 Å². The lowest BCUT2D eigenvalue weighted by molar-refractivity contribution is 0.323. The zero-order chi connectivity index (χ0) is 16.8. The molecular formula is C18H22ClNO3. The van der Waals surface area contributed by atoms with E-state index >= 15 is 0 Å². The van der Waals surface area contributed by atoms with Gasteiger partial charge in [0.15, 0.2) is 11.5 Å². The van der Waals surface area contributed by atoms with Gasteiger partial charge in [-0.25, -0.2) is 0 Å². The van der Waals surface area contributed by atoms with Crippen LogP contribution in [-0.4, -0.2) is 21.3 Å². The van der Waals surface area contributed by atoms with Crippen molar-refractivity contribution in [2.75, 3.05) is 21.3 Å². The Labute approximate surface area is 142 Å². The molecule has 0 fully saturated rings. The molecule has 0 amide bonds. The number of ether oxygens (including phenoxy) is 3. The minimum atomic E-state index is 0.128. The Morgan fingerprint density at radius 3 is 2.13 bits per heavy atom. The Morgan fingerprint density at radius 1 is 1.00 bits per heavy atom. The van der Waals surface area contributed by atoms with Crippen LogP contribution >= 0.6 is 11.6 Å². The number of hydrogen-bond donors (Lipinski definition) is 1. The normalized spacial score (nSPS) is 11.9. The van der Waals surface area contributed by atoms with E-state index in [0.29, 0.717) is 23.8 Å². The molecule has 0 unspecified atom stereocenters. The molecule has 0 saturated carbocycles. The van der Waals surface area contributed by atoms with Crippen molar-refractivity contribution in [3.8, 4) is 17.2 Å². The van der Waals surface area contributed by atoms with E-state index in [-0.39, 0.29) is 6.04 Å². The maximum atomic E-state index is 6.24. The summed E-state index contributed by atoms with van der Waals surface area (Å²) in [4.78, 5) is 0. The van der Waals surface area contributed by atoms with Gasteiger partial charge in [-0.15, -0.1) is 0 Å². The largest absolute Gasteiger partial charge is 0.493 e. The van der Waals surface area contributed by atoms with E-state index in [2.05, 4.69) is 12.2 Å². The fourth-order valence-corrected chi connectivity index (χ4v) is 2.74. The lowest BCUT2D eigenvalue weighted by atomic mass is 10.1. The zero-order valence-electron chi connectivity index (χ0n) is 13.9. The Bertz CT molecular complexity index is 635. The van der Waals surface area contributed by atoms with Gasteiger partial charge in [0.1, 0.15) is 0 Å². The molecule has 2 aromatic rings. The van der Waals surface area contributed by atoms with Crippen molar-refractivity contribution in [2.45, 2.75) is 19.5 Å². The molecule has 5 heteroatoms. The first-order chi connectivity index (χ1) is 11.1. The fourth-order valence-electron chi connectivity index (χ4n) is 2.44. The van der Waals surface area contributed by atoms with Crippen LogP contribution in [0.5, 0.6) is 17.2 Å². The van der Waals surface area contributed by atoms with Crippen molar-refractivity contribution in [3.63, 3.8) is 0 Å². The fraction of sp³-hybridized carbons (Fsp3) is 0.333. The van der Waals surface area contributed by atoms with Crippen LogP contribution in [0.1, 0.15) is 24.1 Å². The van der Waals surface area contributed by atoms with E-state index in [0.717, 1.165) is 16.1 Å². The molecule has 0 heterocycles. The summed E-state index contributed by atoms with van der Waals surface area (Å²) in [6.45, 7) is 2.74. The van der Waals surface area contributed by atoms with Gasteiger partial charge in [-0.05, 0) is 36.2 Å². The predicted octanol–water partition coefficient (Wildman–Crippen LogP) is 4.22. The average Bonchev–Trinajstić information content (AvgIpc) is 2.58. The van der Waals surface area contributed by atoms with Crippen molar-refractivity contribution in [1.29, 1.82) is 0 Å². The summed E-state index contributed by atoms with van der Waals surface area (Å²) < 4.78 is 16.1. The van der Waals surface area contributed by atoms with Crippen molar-refractivity contribution >= 4 is 11.6 Å². The first kappa shape index (κ1) is 17.4. The second kappa shape index (κ2) is 8.09. The first-order valence-electron chi connectivity index (χ1n) is 7.37. The highest BCUT2D eigenvalue weighted by molar-refractivity contribution is 6.31. The van der Waals surface area contributed by atoms with Crippen molar-refractivity contribution in [1.82, 2.24) is 5.32 Å². The highest BCUT2D eigenvalue weighted by Gasteiger charge is 2.14. The molecule has 0 bridgehead atoms. The molecule has 0 spiro atoms. The number of benzene rings is 2. The van der Waals surface area contributed by atoms with Crippen LogP contribution in [0.15, 0.2) is 36.4 Å². The summed E-state index contributed by atoms with van der Waals surface area (Å²) in [7, 11) is 4.82. The third-order valence-electron chi connectivity index (χ3n) is 3.71. The second-order valence-corrected chi connectivity index (χ2v) is 5.56. The summed E-state index contributed by atoms with van der Waals surface area (Å²) >= 11 is 6.24. The standard InChI is InChI=1S/C18H22ClNO3/c1-12(14-7-5-6-8-15(14)19)20-11-13-9-16(21-2)18(23-4)17(10-13)22-3/h5-10,12,20H,11H2,1-4H3/t12-/m1/s1. The van der Waals surface area contributed by atoms with Crippen LogP contribution < -0.4 is 19.5 Å². The predicted molar refractivity (Wildman–Crippen MR) is 92.8 cm³/mol. The van der Waals surface area contributed by atoms with Crippen LogP contribution in [0, 0.1) is 0 Å². The van der Waals surface area contributed by atoms with Gasteiger partial charge in [-0.2, -0.15) is 0 Å². The summed E-state index contributed by atoms with van der Waals surface area (Å²) in [5, 5.41) is 4.22. The molecule has 2 aromatic carbocycles. The number of hydrogen-bond acceptors (Lipinski definition) is 4. The van der Waals surface area contributed by atoms with Crippen molar-refractivity contribution < 1.29 is 14.2 Å². The number of rotatable bonds is 7. The van der Waals surface area contributed by atoms with Gasteiger partial charge >= 0.3 is 0 Å². The second-order valence-electron chi connectivity index (χ2n) is 5.16. The molecule has 0 aromatic heterocycles. The minimum absolute atomic E-state index is 0.128. The van der Waals surface area contributed by atoms with E-state index in [1.54, 1.807) is 21.3 Å². The van der Waals surface area contributed by atoms with E-state index in [9.17, 15) is 0 Å².